The lowest BCUT2D eigenvalue weighted by molar-refractivity contribution is -0.921. The number of quaternary nitrogens is 1. The van der Waals surface area contributed by atoms with E-state index in [-0.39, 0.29) is 11.5 Å². The van der Waals surface area contributed by atoms with Gasteiger partial charge >= 0.3 is 0 Å². The highest BCUT2D eigenvalue weighted by Crippen LogP contribution is 2.34. The molecule has 0 bridgehead atoms. The van der Waals surface area contributed by atoms with E-state index in [1.807, 2.05) is 45.2 Å². The molecule has 0 fully saturated rings. The van der Waals surface area contributed by atoms with Crippen molar-refractivity contribution in [2.75, 3.05) is 61.5 Å². The number of nitrogens with one attached hydrogen (secondary N) is 1. The Labute approximate surface area is 192 Å². The molecule has 2 rings (SSSR count). The first-order chi connectivity index (χ1) is 15.1. The zero-order valence-corrected chi connectivity index (χ0v) is 20.7. The summed E-state index contributed by atoms with van der Waals surface area (Å²) in [5, 5.41) is 24.4. The Balaban J connectivity index is 2.15. The number of ether oxygens (including phenoxy) is 2. The van der Waals surface area contributed by atoms with Crippen molar-refractivity contribution in [2.24, 2.45) is 0 Å². The van der Waals surface area contributed by atoms with Gasteiger partial charge in [0.15, 0.2) is 23.0 Å². The number of methoxy groups -OCH3 is 2. The fourth-order valence-corrected chi connectivity index (χ4v) is 4.03. The lowest BCUT2D eigenvalue weighted by Crippen LogP contribution is -2.50. The van der Waals surface area contributed by atoms with Crippen LogP contribution in [0.15, 0.2) is 24.3 Å². The van der Waals surface area contributed by atoms with Crippen LogP contribution < -0.4 is 14.8 Å². The minimum atomic E-state index is 0.203. The van der Waals surface area contributed by atoms with Gasteiger partial charge in [-0.25, -0.2) is 0 Å². The van der Waals surface area contributed by atoms with Gasteiger partial charge in [-0.3, -0.25) is 4.90 Å². The first-order valence-corrected chi connectivity index (χ1v) is 11.0. The van der Waals surface area contributed by atoms with Gasteiger partial charge in [-0.1, -0.05) is 6.07 Å². The average molecular weight is 447 g/mol. The van der Waals surface area contributed by atoms with Crippen LogP contribution >= 0.6 is 0 Å². The van der Waals surface area contributed by atoms with Crippen molar-refractivity contribution < 1.29 is 24.2 Å². The molecule has 0 amide bonds. The maximum Gasteiger partial charge on any atom is 0.166 e. The average Bonchev–Trinajstić information content (AvgIpc) is 2.75. The second kappa shape index (κ2) is 11.4. The van der Waals surface area contributed by atoms with Gasteiger partial charge in [-0.15, -0.1) is 0 Å². The minimum absolute atomic E-state index is 0.203. The molecule has 0 saturated carbocycles. The van der Waals surface area contributed by atoms with Crippen molar-refractivity contribution in [1.29, 1.82) is 0 Å². The first-order valence-electron chi connectivity index (χ1n) is 11.0. The Bertz CT molecular complexity index is 903. The van der Waals surface area contributed by atoms with Crippen LogP contribution in [0, 0.1) is 13.8 Å². The molecular formula is C25H40N3O4+. The van der Waals surface area contributed by atoms with E-state index < -0.39 is 0 Å². The third kappa shape index (κ3) is 6.76. The number of hydrogen-bond donors (Lipinski definition) is 3. The van der Waals surface area contributed by atoms with Crippen molar-refractivity contribution >= 4 is 0 Å². The summed E-state index contributed by atoms with van der Waals surface area (Å²) >= 11 is 0. The van der Waals surface area contributed by atoms with E-state index in [9.17, 15) is 10.2 Å². The third-order valence-corrected chi connectivity index (χ3v) is 5.95. The summed E-state index contributed by atoms with van der Waals surface area (Å²) < 4.78 is 11.4. The van der Waals surface area contributed by atoms with Crippen LogP contribution in [0.3, 0.4) is 0 Å². The Hall–Kier alpha value is -2.48. The smallest absolute Gasteiger partial charge is 0.166 e. The highest BCUT2D eigenvalue weighted by molar-refractivity contribution is 5.48. The maximum atomic E-state index is 10.7. The summed E-state index contributed by atoms with van der Waals surface area (Å²) in [6.45, 7) is 8.85. The van der Waals surface area contributed by atoms with Crippen molar-refractivity contribution in [2.45, 2.75) is 26.9 Å². The zero-order chi connectivity index (χ0) is 23.9. The highest BCUT2D eigenvalue weighted by Gasteiger charge is 2.25. The molecule has 7 heteroatoms. The summed E-state index contributed by atoms with van der Waals surface area (Å²) in [4.78, 5) is 2.21. The molecule has 3 N–H and O–H groups in total. The number of phenolic OH excluding ortho intramolecular Hbond substituents is 2. The van der Waals surface area contributed by atoms with Crippen LogP contribution in [-0.2, 0) is 13.1 Å². The van der Waals surface area contributed by atoms with Gasteiger partial charge in [-0.05, 0) is 57.3 Å². The van der Waals surface area contributed by atoms with Crippen LogP contribution in [0.25, 0.3) is 0 Å². The molecule has 1 atom stereocenters. The standard InChI is InChI=1S/C25H39N3O4/c1-18-12-20(24(29)22(14-18)31-6)16-27(4)9-11-28(5,10-8-26-3)17-21-13-19(2)15-23(32-7)25(21)30/h12-15,26H,8-11,16-17H2,1-7H3,(H-,29,30)/p+1. The highest BCUT2D eigenvalue weighted by atomic mass is 16.5. The number of hydrogen-bond acceptors (Lipinski definition) is 6. The van der Waals surface area contributed by atoms with E-state index >= 15 is 0 Å². The Kier molecular flexibility index (Phi) is 9.19. The van der Waals surface area contributed by atoms with Gasteiger partial charge in [0, 0.05) is 25.2 Å². The molecule has 0 spiro atoms. The molecule has 0 heterocycles. The summed E-state index contributed by atoms with van der Waals surface area (Å²) in [5.41, 5.74) is 3.87. The fourth-order valence-electron chi connectivity index (χ4n) is 4.03. The van der Waals surface area contributed by atoms with E-state index in [2.05, 4.69) is 24.3 Å². The zero-order valence-electron chi connectivity index (χ0n) is 20.7. The second-order valence-electron chi connectivity index (χ2n) is 9.02. The molecule has 0 aliphatic rings. The van der Waals surface area contributed by atoms with Gasteiger partial charge in [0.1, 0.15) is 6.54 Å². The number of aromatic hydroxyl groups is 2. The molecule has 0 aromatic heterocycles. The predicted molar refractivity (Wildman–Crippen MR) is 129 cm³/mol. The monoisotopic (exact) mass is 446 g/mol. The van der Waals surface area contributed by atoms with Crippen LogP contribution in [0.2, 0.25) is 0 Å². The van der Waals surface area contributed by atoms with E-state index in [4.69, 9.17) is 9.47 Å². The van der Waals surface area contributed by atoms with Gasteiger partial charge in [0.25, 0.3) is 0 Å². The summed E-state index contributed by atoms with van der Waals surface area (Å²) in [5.74, 6) is 1.44. The third-order valence-electron chi connectivity index (χ3n) is 5.95. The van der Waals surface area contributed by atoms with E-state index in [1.165, 1.54) is 0 Å². The van der Waals surface area contributed by atoms with Crippen LogP contribution in [-0.4, -0.2) is 81.1 Å². The van der Waals surface area contributed by atoms with E-state index in [1.54, 1.807) is 14.2 Å². The van der Waals surface area contributed by atoms with Gasteiger partial charge in [0.2, 0.25) is 0 Å². The Morgan fingerprint density at radius 1 is 0.906 bits per heavy atom. The quantitative estimate of drug-likeness (QED) is 0.435. The van der Waals surface area contributed by atoms with Crippen LogP contribution in [0.1, 0.15) is 22.3 Å². The number of aryl methyl sites for hydroxylation is 2. The lowest BCUT2D eigenvalue weighted by Gasteiger charge is -2.36. The molecule has 2 aromatic carbocycles. The maximum absolute atomic E-state index is 10.7. The van der Waals surface area contributed by atoms with Crippen LogP contribution in [0.5, 0.6) is 23.0 Å². The molecule has 32 heavy (non-hydrogen) atoms. The first kappa shape index (κ1) is 25.8. The molecule has 7 nitrogen and oxygen atoms in total. The van der Waals surface area contributed by atoms with E-state index in [0.29, 0.717) is 24.6 Å². The number of benzene rings is 2. The number of nitrogens with zero attached hydrogens (tertiary/aromatic N) is 2. The largest absolute Gasteiger partial charge is 0.504 e. The number of phenols is 2. The molecule has 1 unspecified atom stereocenters. The fraction of sp³-hybridized carbons (Fsp3) is 0.520. The number of likely N-dealkylation sites (N-methyl/N-ethyl adjacent to an activating group) is 3. The summed E-state index contributed by atoms with van der Waals surface area (Å²) in [6.07, 6.45) is 0. The summed E-state index contributed by atoms with van der Waals surface area (Å²) in [7, 11) is 9.38. The van der Waals surface area contributed by atoms with Gasteiger partial charge in [-0.2, -0.15) is 0 Å². The SMILES string of the molecule is CNCC[N+](C)(CCN(C)Cc1cc(C)cc(OC)c1O)Cc1cc(C)cc(OC)c1O. The van der Waals surface area contributed by atoms with Crippen molar-refractivity contribution in [1.82, 2.24) is 10.2 Å². The van der Waals surface area contributed by atoms with Gasteiger partial charge in [0.05, 0.1) is 39.9 Å². The molecule has 0 aliphatic carbocycles. The van der Waals surface area contributed by atoms with E-state index in [0.717, 1.165) is 52.9 Å². The summed E-state index contributed by atoms with van der Waals surface area (Å²) in [6, 6.07) is 7.73. The molecule has 178 valence electrons. The molecule has 0 aliphatic heterocycles. The van der Waals surface area contributed by atoms with Crippen LogP contribution in [0.4, 0.5) is 0 Å². The van der Waals surface area contributed by atoms with Crippen molar-refractivity contribution in [3.8, 4) is 23.0 Å². The Morgan fingerprint density at radius 3 is 1.97 bits per heavy atom. The normalized spacial score (nSPS) is 13.2. The molecular weight excluding hydrogens is 406 g/mol. The predicted octanol–water partition coefficient (Wildman–Crippen LogP) is 3.03. The topological polar surface area (TPSA) is 74.2 Å². The van der Waals surface area contributed by atoms with Gasteiger partial charge < -0.3 is 29.5 Å². The number of rotatable bonds is 12. The van der Waals surface area contributed by atoms with Crippen molar-refractivity contribution in [3.63, 3.8) is 0 Å². The van der Waals surface area contributed by atoms with Crippen molar-refractivity contribution in [3.05, 3.63) is 46.5 Å². The molecule has 2 aromatic rings. The molecule has 0 radical (unpaired) electrons. The second-order valence-corrected chi connectivity index (χ2v) is 9.02. The Morgan fingerprint density at radius 2 is 1.44 bits per heavy atom. The minimum Gasteiger partial charge on any atom is -0.504 e. The lowest BCUT2D eigenvalue weighted by atomic mass is 10.1. The molecule has 0 saturated heterocycles.